The summed E-state index contributed by atoms with van der Waals surface area (Å²) in [6.07, 6.45) is 3.41. The normalized spacial score (nSPS) is 23.5. The lowest BCUT2D eigenvalue weighted by molar-refractivity contribution is 0.0720. The molecule has 2 aromatic rings. The number of furan rings is 1. The average Bonchev–Trinajstić information content (AvgIpc) is 3.38. The molecule has 0 aromatic carbocycles. The summed E-state index contributed by atoms with van der Waals surface area (Å²) in [5.74, 6) is 3.40. The van der Waals surface area contributed by atoms with E-state index in [9.17, 15) is 4.79 Å². The molecule has 1 amide bonds. The molecule has 2 saturated carbocycles. The molecule has 116 valence electrons. The summed E-state index contributed by atoms with van der Waals surface area (Å²) in [5, 5.41) is 0. The number of rotatable bonds is 5. The molecule has 2 aromatic heterocycles. The topological polar surface area (TPSA) is 46.3 Å². The van der Waals surface area contributed by atoms with Gasteiger partial charge < -0.3 is 9.32 Å². The zero-order valence-corrected chi connectivity index (χ0v) is 13.7. The van der Waals surface area contributed by atoms with Gasteiger partial charge in [0.1, 0.15) is 16.4 Å². The molecule has 0 unspecified atom stereocenters. The van der Waals surface area contributed by atoms with Gasteiger partial charge in [-0.3, -0.25) is 4.79 Å². The molecule has 2 aliphatic rings. The Kier molecular flexibility index (Phi) is 3.33. The molecular formula is C17H20N2O2S. The van der Waals surface area contributed by atoms with Crippen molar-refractivity contribution in [1.82, 2.24) is 9.88 Å². The van der Waals surface area contributed by atoms with Crippen LogP contribution in [0.5, 0.6) is 0 Å². The van der Waals surface area contributed by atoms with Gasteiger partial charge in [0.2, 0.25) is 0 Å². The number of nitrogens with zero attached hydrogens (tertiary/aromatic N) is 2. The van der Waals surface area contributed by atoms with Gasteiger partial charge in [-0.2, -0.15) is 0 Å². The monoisotopic (exact) mass is 316 g/mol. The van der Waals surface area contributed by atoms with Crippen molar-refractivity contribution in [2.75, 3.05) is 0 Å². The first-order valence-electron chi connectivity index (χ1n) is 7.93. The van der Waals surface area contributed by atoms with E-state index >= 15 is 0 Å². The predicted molar refractivity (Wildman–Crippen MR) is 85.0 cm³/mol. The van der Waals surface area contributed by atoms with Gasteiger partial charge in [-0.25, -0.2) is 4.98 Å². The maximum absolute atomic E-state index is 12.8. The van der Waals surface area contributed by atoms with Crippen LogP contribution in [0.15, 0.2) is 22.1 Å². The summed E-state index contributed by atoms with van der Waals surface area (Å²) in [6, 6.07) is 4.47. The summed E-state index contributed by atoms with van der Waals surface area (Å²) in [6.45, 7) is 4.72. The molecule has 22 heavy (non-hydrogen) atoms. The maximum Gasteiger partial charge on any atom is 0.266 e. The molecule has 2 aliphatic carbocycles. The molecular weight excluding hydrogens is 296 g/mol. The average molecular weight is 316 g/mol. The fraction of sp³-hybridized carbons (Fsp3) is 0.529. The van der Waals surface area contributed by atoms with Gasteiger partial charge >= 0.3 is 0 Å². The summed E-state index contributed by atoms with van der Waals surface area (Å²) in [4.78, 5) is 19.7. The number of thiazole rings is 1. The smallest absolute Gasteiger partial charge is 0.266 e. The zero-order chi connectivity index (χ0) is 15.3. The van der Waals surface area contributed by atoms with Crippen molar-refractivity contribution in [2.45, 2.75) is 51.6 Å². The summed E-state index contributed by atoms with van der Waals surface area (Å²) < 4.78 is 5.98. The van der Waals surface area contributed by atoms with E-state index in [1.807, 2.05) is 17.9 Å². The van der Waals surface area contributed by atoms with E-state index in [1.54, 1.807) is 5.51 Å². The lowest BCUT2D eigenvalue weighted by Gasteiger charge is -2.20. The Balaban J connectivity index is 1.52. The number of aryl methyl sites for hydroxylation is 1. The lowest BCUT2D eigenvalue weighted by Crippen LogP contribution is -2.32. The molecule has 0 saturated heterocycles. The van der Waals surface area contributed by atoms with Crippen LogP contribution in [-0.2, 0) is 6.54 Å². The standard InChI is InChI=1S/C17H20N2O2S/c1-10-7-14(10)15-6-5-13(21-15)8-19(12-3-4-12)17(20)16-11(2)18-9-22-16/h5-6,9-10,12,14H,3-4,7-8H2,1-2H3/t10-,14-/m0/s1. The quantitative estimate of drug-likeness (QED) is 0.838. The fourth-order valence-corrected chi connectivity index (χ4v) is 3.71. The van der Waals surface area contributed by atoms with Crippen molar-refractivity contribution < 1.29 is 9.21 Å². The minimum atomic E-state index is 0.0974. The third-order valence-corrected chi connectivity index (χ3v) is 5.59. The van der Waals surface area contributed by atoms with Gasteiger partial charge in [0, 0.05) is 12.0 Å². The van der Waals surface area contributed by atoms with E-state index in [0.717, 1.165) is 40.9 Å². The molecule has 2 atom stereocenters. The highest BCUT2D eigenvalue weighted by atomic mass is 32.1. The third-order valence-electron chi connectivity index (χ3n) is 4.67. The largest absolute Gasteiger partial charge is 0.464 e. The number of hydrogen-bond donors (Lipinski definition) is 0. The van der Waals surface area contributed by atoms with Gasteiger partial charge in [-0.05, 0) is 44.2 Å². The van der Waals surface area contributed by atoms with Crippen LogP contribution < -0.4 is 0 Å². The van der Waals surface area contributed by atoms with Crippen LogP contribution in [0.25, 0.3) is 0 Å². The van der Waals surface area contributed by atoms with Crippen molar-refractivity contribution in [3.8, 4) is 0 Å². The van der Waals surface area contributed by atoms with Gasteiger partial charge in [-0.1, -0.05) is 6.92 Å². The SMILES string of the molecule is Cc1ncsc1C(=O)N(Cc1ccc([C@H]2C[C@@H]2C)o1)C1CC1. The molecule has 0 bridgehead atoms. The van der Waals surface area contributed by atoms with Crippen molar-refractivity contribution in [3.63, 3.8) is 0 Å². The van der Waals surface area contributed by atoms with E-state index in [-0.39, 0.29) is 5.91 Å². The highest BCUT2D eigenvalue weighted by molar-refractivity contribution is 7.11. The van der Waals surface area contributed by atoms with E-state index in [2.05, 4.69) is 18.0 Å². The van der Waals surface area contributed by atoms with Gasteiger partial charge in [0.25, 0.3) is 5.91 Å². The first-order valence-corrected chi connectivity index (χ1v) is 8.81. The highest BCUT2D eigenvalue weighted by Crippen LogP contribution is 2.47. The predicted octanol–water partition coefficient (Wildman–Crippen LogP) is 3.97. The second kappa shape index (κ2) is 5.23. The Labute approximate surface area is 134 Å². The Morgan fingerprint density at radius 3 is 2.82 bits per heavy atom. The number of carbonyl (C=O) groups is 1. The molecule has 0 N–H and O–H groups in total. The van der Waals surface area contributed by atoms with E-state index in [1.165, 1.54) is 17.8 Å². The van der Waals surface area contributed by atoms with Crippen LogP contribution in [0.3, 0.4) is 0 Å². The first kappa shape index (κ1) is 14.0. The van der Waals surface area contributed by atoms with Crippen LogP contribution in [0, 0.1) is 12.8 Å². The van der Waals surface area contributed by atoms with Crippen LogP contribution >= 0.6 is 11.3 Å². The first-order chi connectivity index (χ1) is 10.6. The highest BCUT2D eigenvalue weighted by Gasteiger charge is 2.38. The number of aromatic nitrogens is 1. The van der Waals surface area contributed by atoms with E-state index in [4.69, 9.17) is 4.42 Å². The van der Waals surface area contributed by atoms with E-state index < -0.39 is 0 Å². The van der Waals surface area contributed by atoms with Crippen molar-refractivity contribution in [1.29, 1.82) is 0 Å². The molecule has 2 fully saturated rings. The minimum Gasteiger partial charge on any atom is -0.464 e. The second-order valence-corrected chi connectivity index (χ2v) is 7.41. The Morgan fingerprint density at radius 1 is 1.45 bits per heavy atom. The molecule has 2 heterocycles. The summed E-state index contributed by atoms with van der Waals surface area (Å²) in [7, 11) is 0. The lowest BCUT2D eigenvalue weighted by atomic mass is 10.2. The summed E-state index contributed by atoms with van der Waals surface area (Å²) >= 11 is 1.43. The zero-order valence-electron chi connectivity index (χ0n) is 12.9. The van der Waals surface area contributed by atoms with Crippen LogP contribution in [0.2, 0.25) is 0 Å². The Hall–Kier alpha value is -1.62. The van der Waals surface area contributed by atoms with Gasteiger partial charge in [0.05, 0.1) is 17.7 Å². The van der Waals surface area contributed by atoms with Crippen LogP contribution in [-0.4, -0.2) is 21.8 Å². The molecule has 0 aliphatic heterocycles. The van der Waals surface area contributed by atoms with Crippen molar-refractivity contribution in [3.05, 3.63) is 39.7 Å². The number of hydrogen-bond acceptors (Lipinski definition) is 4. The second-order valence-electron chi connectivity index (χ2n) is 6.55. The fourth-order valence-electron chi connectivity index (χ4n) is 2.96. The molecule has 4 rings (SSSR count). The number of amides is 1. The van der Waals surface area contributed by atoms with Crippen molar-refractivity contribution >= 4 is 17.2 Å². The van der Waals surface area contributed by atoms with Gasteiger partial charge in [0.15, 0.2) is 0 Å². The third kappa shape index (κ3) is 2.58. The van der Waals surface area contributed by atoms with Crippen LogP contribution in [0.1, 0.15) is 59.0 Å². The molecule has 4 nitrogen and oxygen atoms in total. The molecule has 0 radical (unpaired) electrons. The number of carbonyl (C=O) groups excluding carboxylic acids is 1. The maximum atomic E-state index is 12.8. The van der Waals surface area contributed by atoms with Gasteiger partial charge in [-0.15, -0.1) is 11.3 Å². The summed E-state index contributed by atoms with van der Waals surface area (Å²) in [5.41, 5.74) is 2.57. The van der Waals surface area contributed by atoms with Crippen molar-refractivity contribution in [2.24, 2.45) is 5.92 Å². The van der Waals surface area contributed by atoms with E-state index in [0.29, 0.717) is 18.5 Å². The Morgan fingerprint density at radius 2 is 2.23 bits per heavy atom. The molecule has 0 spiro atoms. The Bertz CT molecular complexity index is 701. The van der Waals surface area contributed by atoms with Crippen LogP contribution in [0.4, 0.5) is 0 Å². The minimum absolute atomic E-state index is 0.0974. The molecule has 5 heteroatoms.